The van der Waals surface area contributed by atoms with Crippen LogP contribution in [0, 0.1) is 13.8 Å². The number of fused-ring (bicyclic) bond motifs is 1. The number of aromatic nitrogens is 1. The third-order valence-corrected chi connectivity index (χ3v) is 11.0. The van der Waals surface area contributed by atoms with E-state index in [1.54, 1.807) is 20.1 Å². The number of furan rings is 1. The first kappa shape index (κ1) is 49.1. The third-order valence-electron chi connectivity index (χ3n) is 9.96. The molecule has 10 nitrogen and oxygen atoms in total. The van der Waals surface area contributed by atoms with Crippen molar-refractivity contribution in [2.75, 3.05) is 14.2 Å². The maximum absolute atomic E-state index is 12.0. The lowest BCUT2D eigenvalue weighted by atomic mass is 9.75. The zero-order chi connectivity index (χ0) is 44.5. The number of aromatic carboxylic acids is 1. The van der Waals surface area contributed by atoms with E-state index in [4.69, 9.17) is 29.6 Å². The summed E-state index contributed by atoms with van der Waals surface area (Å²) in [5.41, 5.74) is 9.42. The van der Waals surface area contributed by atoms with E-state index >= 15 is 0 Å². The van der Waals surface area contributed by atoms with Gasteiger partial charge in [0, 0.05) is 27.7 Å². The van der Waals surface area contributed by atoms with E-state index in [1.807, 2.05) is 109 Å². The highest BCUT2D eigenvalue weighted by Crippen LogP contribution is 2.37. The normalized spacial score (nSPS) is 14.2. The second kappa shape index (κ2) is 20.4. The van der Waals surface area contributed by atoms with Crippen LogP contribution >= 0.6 is 31.9 Å². The van der Waals surface area contributed by atoms with Crippen molar-refractivity contribution in [3.8, 4) is 5.75 Å². The molecule has 0 aliphatic carbocycles. The van der Waals surface area contributed by atoms with E-state index in [1.165, 1.54) is 13.2 Å². The van der Waals surface area contributed by atoms with Gasteiger partial charge in [-0.25, -0.2) is 4.79 Å². The van der Waals surface area contributed by atoms with Crippen molar-refractivity contribution >= 4 is 67.3 Å². The van der Waals surface area contributed by atoms with Crippen LogP contribution in [0.4, 0.5) is 13.2 Å². The van der Waals surface area contributed by atoms with Crippen LogP contribution in [0.5, 0.6) is 5.75 Å². The molecule has 16 heteroatoms. The van der Waals surface area contributed by atoms with Crippen LogP contribution in [0.2, 0.25) is 0 Å². The van der Waals surface area contributed by atoms with Crippen molar-refractivity contribution in [3.63, 3.8) is 0 Å². The maximum Gasteiger partial charge on any atom is 0.494 e. The average molecular weight is 950 g/mol. The molecule has 1 fully saturated rings. The lowest BCUT2D eigenvalue weighted by Gasteiger charge is -2.32. The quantitative estimate of drug-likeness (QED) is 0.0920. The predicted octanol–water partition coefficient (Wildman–Crippen LogP) is 10.1. The molecule has 1 saturated heterocycles. The molecule has 0 bridgehead atoms. The molecule has 0 atom stereocenters. The first-order valence-electron chi connectivity index (χ1n) is 18.3. The Bertz CT molecular complexity index is 2210. The van der Waals surface area contributed by atoms with Gasteiger partial charge in [0.15, 0.2) is 0 Å². The molecule has 0 saturated carbocycles. The molecular weight excluding hydrogens is 900 g/mol. The van der Waals surface area contributed by atoms with E-state index in [0.29, 0.717) is 22.8 Å². The second-order valence-electron chi connectivity index (χ2n) is 14.9. The summed E-state index contributed by atoms with van der Waals surface area (Å²) >= 11 is 6.32. The van der Waals surface area contributed by atoms with Gasteiger partial charge in [0.2, 0.25) is 5.76 Å². The van der Waals surface area contributed by atoms with E-state index in [-0.39, 0.29) is 22.9 Å². The second-order valence-corrected chi connectivity index (χ2v) is 16.4. The third kappa shape index (κ3) is 12.4. The first-order valence-corrected chi connectivity index (χ1v) is 20.2. The Morgan fingerprint density at radius 2 is 1.54 bits per heavy atom. The molecule has 0 unspecified atom stereocenters. The van der Waals surface area contributed by atoms with Gasteiger partial charge >= 0.3 is 25.2 Å². The molecule has 1 aliphatic rings. The lowest BCUT2D eigenvalue weighted by molar-refractivity contribution is -0.153. The number of carbonyl (C=O) groups excluding carboxylic acids is 1. The lowest BCUT2D eigenvalue weighted by Crippen LogP contribution is -2.41. The number of rotatable bonds is 7. The molecule has 6 rings (SSSR count). The highest BCUT2D eigenvalue weighted by atomic mass is 79.9. The van der Waals surface area contributed by atoms with E-state index in [9.17, 15) is 22.8 Å². The van der Waals surface area contributed by atoms with Gasteiger partial charge in [0.05, 0.1) is 47.2 Å². The fraction of sp³-hybridized carbons (Fsp3) is 0.372. The highest BCUT2D eigenvalue weighted by Gasteiger charge is 2.52. The van der Waals surface area contributed by atoms with Gasteiger partial charge in [-0.2, -0.15) is 13.2 Å². The zero-order valence-electron chi connectivity index (χ0n) is 34.7. The number of benzene rings is 3. The zero-order valence-corrected chi connectivity index (χ0v) is 37.9. The predicted molar refractivity (Wildman–Crippen MR) is 230 cm³/mol. The Balaban J connectivity index is 0.000000220. The fourth-order valence-corrected chi connectivity index (χ4v) is 6.26. The number of ether oxygens (including phenoxy) is 2. The van der Waals surface area contributed by atoms with Crippen molar-refractivity contribution in [2.24, 2.45) is 5.73 Å². The molecule has 0 spiro atoms. The maximum atomic E-state index is 12.0. The Labute approximate surface area is 360 Å². The van der Waals surface area contributed by atoms with Gasteiger partial charge in [-0.05, 0) is 102 Å². The molecule has 3 N–H and O–H groups in total. The van der Waals surface area contributed by atoms with Gasteiger partial charge in [-0.1, -0.05) is 80.4 Å². The van der Waals surface area contributed by atoms with Gasteiger partial charge in [0.1, 0.15) is 11.5 Å². The van der Waals surface area contributed by atoms with Crippen LogP contribution in [0.3, 0.4) is 0 Å². The number of esters is 1. The monoisotopic (exact) mass is 948 g/mol. The number of halogens is 5. The molecule has 2 aromatic heterocycles. The molecule has 0 radical (unpaired) electrons. The molecule has 5 aromatic rings. The number of pyridine rings is 1. The van der Waals surface area contributed by atoms with Gasteiger partial charge in [0.25, 0.3) is 0 Å². The number of carboxylic acids is 1. The topological polar surface area (TPSA) is 143 Å². The number of hydrogen-bond acceptors (Lipinski definition) is 9. The summed E-state index contributed by atoms with van der Waals surface area (Å²) in [7, 11) is 2.61. The standard InChI is InChI=1S/C17H25BO4.C12H11NO2.C8H10BrNO.C6H4BrF3O/c1-15(2,14(19)20-7)12-9-8-10-13(11-12)18-21-16(3,4)17(5,6)22-18;1-7-8(2)13-10-6-4-3-5-9(10)11(7)12(14)15;1-11-8-4-7(9)3-2-6(8)5-10;7-3-4-1-2-5(11-4)6(8,9)10/h8-11H,1-7H3;3-6H,1-2H3,(H,14,15);2-4H,5,10H2,1H3;1-2H,3H2. The molecule has 318 valence electrons. The summed E-state index contributed by atoms with van der Waals surface area (Å²) in [6, 6.07) is 23.1. The minimum Gasteiger partial charge on any atom is -0.496 e. The summed E-state index contributed by atoms with van der Waals surface area (Å²) in [5.74, 6) is -1.00. The number of aryl methyl sites for hydroxylation is 1. The number of methoxy groups -OCH3 is 2. The molecule has 3 aromatic carbocycles. The number of carbonyl (C=O) groups is 2. The van der Waals surface area contributed by atoms with Crippen molar-refractivity contribution < 1.29 is 51.1 Å². The highest BCUT2D eigenvalue weighted by molar-refractivity contribution is 9.10. The Hall–Kier alpha value is -4.22. The van der Waals surface area contributed by atoms with Crippen LogP contribution in [0.15, 0.2) is 87.8 Å². The number of nitrogens with two attached hydrogens (primary N) is 1. The minimum atomic E-state index is -4.37. The van der Waals surface area contributed by atoms with Crippen molar-refractivity contribution in [1.29, 1.82) is 0 Å². The van der Waals surface area contributed by atoms with Crippen LogP contribution in [0.25, 0.3) is 10.9 Å². The summed E-state index contributed by atoms with van der Waals surface area (Å²) in [4.78, 5) is 27.5. The molecule has 59 heavy (non-hydrogen) atoms. The summed E-state index contributed by atoms with van der Waals surface area (Å²) < 4.78 is 63.1. The number of nitrogens with zero attached hydrogens (tertiary/aromatic N) is 1. The number of carboxylic acid groups (broad SMARTS) is 1. The molecular formula is C43H50BBr2F3N2O8. The van der Waals surface area contributed by atoms with Gasteiger partial charge in [-0.15, -0.1) is 0 Å². The Morgan fingerprint density at radius 1 is 0.915 bits per heavy atom. The van der Waals surface area contributed by atoms with Crippen LogP contribution in [-0.4, -0.2) is 54.6 Å². The molecule has 0 amide bonds. The van der Waals surface area contributed by atoms with Crippen molar-refractivity contribution in [2.45, 2.75) is 90.1 Å². The Kier molecular flexibility index (Phi) is 17.0. The van der Waals surface area contributed by atoms with Crippen LogP contribution < -0.4 is 15.9 Å². The van der Waals surface area contributed by atoms with Gasteiger partial charge < -0.3 is 34.0 Å². The fourth-order valence-electron chi connectivity index (χ4n) is 5.62. The number of hydrogen-bond donors (Lipinski definition) is 2. The van der Waals surface area contributed by atoms with Crippen LogP contribution in [0.1, 0.15) is 85.8 Å². The molecule has 1 aliphatic heterocycles. The smallest absolute Gasteiger partial charge is 0.494 e. The average Bonchev–Trinajstić information content (AvgIpc) is 3.77. The summed E-state index contributed by atoms with van der Waals surface area (Å²) in [6.07, 6.45) is -4.37. The Morgan fingerprint density at radius 3 is 2.05 bits per heavy atom. The number of para-hydroxylation sites is 1. The number of alkyl halides is 4. The summed E-state index contributed by atoms with van der Waals surface area (Å²) in [5, 5.41) is 10.2. The largest absolute Gasteiger partial charge is 0.496 e. The summed E-state index contributed by atoms with van der Waals surface area (Å²) in [6.45, 7) is 15.9. The van der Waals surface area contributed by atoms with Crippen molar-refractivity contribution in [1.82, 2.24) is 4.98 Å². The first-order chi connectivity index (χ1) is 27.4. The molecule has 3 heterocycles. The van der Waals surface area contributed by atoms with Gasteiger partial charge in [-0.3, -0.25) is 9.78 Å². The van der Waals surface area contributed by atoms with Crippen LogP contribution in [-0.2, 0) is 42.3 Å². The van der Waals surface area contributed by atoms with Crippen molar-refractivity contribution in [3.05, 3.63) is 123 Å². The SMILES string of the molecule is COC(=O)C(C)(C)c1cccc(B2OC(C)(C)C(C)(C)O2)c1.COc1cc(Br)ccc1CN.Cc1nc2ccccc2c(C(=O)O)c1C.FC(F)(F)c1ccc(CBr)o1. The van der Waals surface area contributed by atoms with E-state index < -0.39 is 30.4 Å². The van der Waals surface area contributed by atoms with E-state index in [2.05, 4.69) is 41.3 Å². The minimum absolute atomic E-state index is 0.265. The van der Waals surface area contributed by atoms with E-state index in [0.717, 1.165) is 49.7 Å².